The van der Waals surface area contributed by atoms with Crippen LogP contribution in [0, 0.1) is 0 Å². The highest BCUT2D eigenvalue weighted by Gasteiger charge is 2.08. The maximum atomic E-state index is 12.4. The summed E-state index contributed by atoms with van der Waals surface area (Å²) < 4.78 is 5.24. The molecule has 0 N–H and O–H groups in total. The number of para-hydroxylation sites is 1. The Balaban J connectivity index is 2.09. The van der Waals surface area contributed by atoms with Crippen LogP contribution in [0.5, 0.6) is 5.75 Å². The van der Waals surface area contributed by atoms with Crippen LogP contribution in [0.25, 0.3) is 6.08 Å². The van der Waals surface area contributed by atoms with Crippen molar-refractivity contribution in [2.75, 3.05) is 31.0 Å². The molecule has 0 heterocycles. The average Bonchev–Trinajstić information content (AvgIpc) is 2.66. The number of nitrogens with zero attached hydrogens (tertiary/aromatic N) is 1. The number of allylic oxidation sites excluding steroid dienone is 1. The lowest BCUT2D eigenvalue weighted by Crippen LogP contribution is -2.26. The first kappa shape index (κ1) is 19.1. The molecular formula is C21H24ClNO2. The number of carbonyl (C=O) groups is 1. The molecule has 2 rings (SSSR count). The molecule has 0 aliphatic carbocycles. The van der Waals surface area contributed by atoms with E-state index < -0.39 is 0 Å². The van der Waals surface area contributed by atoms with Crippen molar-refractivity contribution >= 4 is 29.1 Å². The van der Waals surface area contributed by atoms with Gasteiger partial charge >= 0.3 is 0 Å². The van der Waals surface area contributed by atoms with Crippen molar-refractivity contribution in [1.82, 2.24) is 0 Å². The van der Waals surface area contributed by atoms with Crippen LogP contribution in [-0.4, -0.2) is 31.9 Å². The number of benzene rings is 2. The molecule has 0 amide bonds. The largest absolute Gasteiger partial charge is 0.496 e. The van der Waals surface area contributed by atoms with Gasteiger partial charge in [0.05, 0.1) is 12.7 Å². The minimum Gasteiger partial charge on any atom is -0.496 e. The molecule has 0 atom stereocenters. The number of rotatable bonds is 9. The monoisotopic (exact) mass is 357 g/mol. The third kappa shape index (κ3) is 5.36. The molecule has 132 valence electrons. The number of hydrogen-bond donors (Lipinski definition) is 0. The number of ether oxygens (including phenoxy) is 1. The second kappa shape index (κ2) is 9.90. The zero-order valence-electron chi connectivity index (χ0n) is 14.7. The summed E-state index contributed by atoms with van der Waals surface area (Å²) >= 11 is 5.88. The smallest absolute Gasteiger partial charge is 0.189 e. The summed E-state index contributed by atoms with van der Waals surface area (Å²) in [4.78, 5) is 14.6. The predicted molar refractivity (Wildman–Crippen MR) is 106 cm³/mol. The third-order valence-electron chi connectivity index (χ3n) is 3.91. The van der Waals surface area contributed by atoms with E-state index in [4.69, 9.17) is 16.3 Å². The lowest BCUT2D eigenvalue weighted by Gasteiger charge is -2.23. The van der Waals surface area contributed by atoms with Gasteiger partial charge in [-0.15, -0.1) is 11.6 Å². The Morgan fingerprint density at radius 2 is 1.84 bits per heavy atom. The summed E-state index contributed by atoms with van der Waals surface area (Å²) in [6.07, 6.45) is 4.48. The molecular weight excluding hydrogens is 334 g/mol. The van der Waals surface area contributed by atoms with Crippen LogP contribution in [0.15, 0.2) is 54.6 Å². The average molecular weight is 358 g/mol. The Kier molecular flexibility index (Phi) is 7.55. The Bertz CT molecular complexity index is 704. The molecule has 0 aliphatic rings. The molecule has 25 heavy (non-hydrogen) atoms. The van der Waals surface area contributed by atoms with Crippen molar-refractivity contribution < 1.29 is 9.53 Å². The topological polar surface area (TPSA) is 29.5 Å². The van der Waals surface area contributed by atoms with Gasteiger partial charge in [0.25, 0.3) is 0 Å². The molecule has 0 fully saturated rings. The lowest BCUT2D eigenvalue weighted by molar-refractivity contribution is 0.104. The molecule has 0 aliphatic heterocycles. The predicted octanol–water partition coefficient (Wildman–Crippen LogP) is 5.05. The van der Waals surface area contributed by atoms with E-state index in [1.54, 1.807) is 25.3 Å². The molecule has 0 saturated carbocycles. The van der Waals surface area contributed by atoms with E-state index in [1.165, 1.54) is 0 Å². The highest BCUT2D eigenvalue weighted by molar-refractivity contribution is 6.18. The van der Waals surface area contributed by atoms with E-state index in [0.29, 0.717) is 17.2 Å². The molecule has 0 bridgehead atoms. The summed E-state index contributed by atoms with van der Waals surface area (Å²) in [7, 11) is 1.57. The third-order valence-corrected chi connectivity index (χ3v) is 4.07. The number of alkyl halides is 1. The van der Waals surface area contributed by atoms with Gasteiger partial charge in [0.1, 0.15) is 5.75 Å². The zero-order valence-corrected chi connectivity index (χ0v) is 15.5. The van der Waals surface area contributed by atoms with E-state index in [9.17, 15) is 4.79 Å². The maximum absolute atomic E-state index is 12.4. The second-order valence-electron chi connectivity index (χ2n) is 5.67. The lowest BCUT2D eigenvalue weighted by atomic mass is 10.1. The fraction of sp³-hybridized carbons (Fsp3) is 0.286. The molecule has 0 saturated heterocycles. The van der Waals surface area contributed by atoms with Gasteiger partial charge in [-0.2, -0.15) is 0 Å². The Hall–Kier alpha value is -2.26. The van der Waals surface area contributed by atoms with Gasteiger partial charge in [-0.25, -0.2) is 0 Å². The van der Waals surface area contributed by atoms with E-state index in [0.717, 1.165) is 30.8 Å². The highest BCUT2D eigenvalue weighted by Crippen LogP contribution is 2.20. The molecule has 0 aromatic heterocycles. The quantitative estimate of drug-likeness (QED) is 0.357. The number of anilines is 1. The second-order valence-corrected chi connectivity index (χ2v) is 6.04. The summed E-state index contributed by atoms with van der Waals surface area (Å²) in [6, 6.07) is 15.4. The minimum atomic E-state index is -0.0729. The fourth-order valence-corrected chi connectivity index (χ4v) is 2.85. The van der Waals surface area contributed by atoms with Crippen molar-refractivity contribution in [2.24, 2.45) is 0 Å². The van der Waals surface area contributed by atoms with E-state index >= 15 is 0 Å². The highest BCUT2D eigenvalue weighted by atomic mass is 35.5. The first-order chi connectivity index (χ1) is 12.2. The van der Waals surface area contributed by atoms with Crippen molar-refractivity contribution in [3.63, 3.8) is 0 Å². The molecule has 0 spiro atoms. The van der Waals surface area contributed by atoms with Crippen LogP contribution in [0.4, 0.5) is 5.69 Å². The van der Waals surface area contributed by atoms with Crippen LogP contribution >= 0.6 is 11.6 Å². The Labute approximate surface area is 154 Å². The summed E-state index contributed by atoms with van der Waals surface area (Å²) in [6.45, 7) is 3.97. The SMILES string of the molecule is CCCN(CCCl)c1ccc(/C=C/C(=O)c2ccccc2OC)cc1. The van der Waals surface area contributed by atoms with Gasteiger partial charge in [0, 0.05) is 24.7 Å². The number of methoxy groups -OCH3 is 1. The number of ketones is 1. The summed E-state index contributed by atoms with van der Waals surface area (Å²) in [5, 5.41) is 0. The van der Waals surface area contributed by atoms with Crippen molar-refractivity contribution in [3.05, 3.63) is 65.7 Å². The number of halogens is 1. The summed E-state index contributed by atoms with van der Waals surface area (Å²) in [5.41, 5.74) is 2.69. The summed E-state index contributed by atoms with van der Waals surface area (Å²) in [5.74, 6) is 1.12. The Morgan fingerprint density at radius 3 is 2.48 bits per heavy atom. The molecule has 3 nitrogen and oxygen atoms in total. The first-order valence-electron chi connectivity index (χ1n) is 8.46. The molecule has 0 radical (unpaired) electrons. The van der Waals surface area contributed by atoms with Crippen LogP contribution in [0.2, 0.25) is 0 Å². The van der Waals surface area contributed by atoms with Gasteiger partial charge in [0.2, 0.25) is 0 Å². The molecule has 2 aromatic rings. The maximum Gasteiger partial charge on any atom is 0.189 e. The van der Waals surface area contributed by atoms with Crippen LogP contribution in [0.1, 0.15) is 29.3 Å². The molecule has 0 unspecified atom stereocenters. The van der Waals surface area contributed by atoms with Crippen LogP contribution in [-0.2, 0) is 0 Å². The standard InChI is InChI=1S/C21H24ClNO2/c1-3-15-23(16-14-22)18-11-8-17(9-12-18)10-13-20(24)19-6-4-5-7-21(19)25-2/h4-13H,3,14-16H2,1-2H3/b13-10+. The van der Waals surface area contributed by atoms with Crippen molar-refractivity contribution in [2.45, 2.75) is 13.3 Å². The van der Waals surface area contributed by atoms with Crippen molar-refractivity contribution in [1.29, 1.82) is 0 Å². The fourth-order valence-electron chi connectivity index (χ4n) is 2.65. The van der Waals surface area contributed by atoms with Gasteiger partial charge < -0.3 is 9.64 Å². The molecule has 2 aromatic carbocycles. The van der Waals surface area contributed by atoms with Crippen molar-refractivity contribution in [3.8, 4) is 5.75 Å². The zero-order chi connectivity index (χ0) is 18.1. The van der Waals surface area contributed by atoms with E-state index in [1.807, 2.05) is 30.3 Å². The van der Waals surface area contributed by atoms with Gasteiger partial charge in [0.15, 0.2) is 5.78 Å². The number of hydrogen-bond acceptors (Lipinski definition) is 3. The van der Waals surface area contributed by atoms with E-state index in [-0.39, 0.29) is 5.78 Å². The number of carbonyl (C=O) groups excluding carboxylic acids is 1. The van der Waals surface area contributed by atoms with Gasteiger partial charge in [-0.3, -0.25) is 4.79 Å². The molecule has 4 heteroatoms. The normalized spacial score (nSPS) is 10.8. The van der Waals surface area contributed by atoms with Crippen LogP contribution < -0.4 is 9.64 Å². The van der Waals surface area contributed by atoms with E-state index in [2.05, 4.69) is 24.0 Å². The first-order valence-corrected chi connectivity index (χ1v) is 8.99. The van der Waals surface area contributed by atoms with Gasteiger partial charge in [-0.1, -0.05) is 37.3 Å². The minimum absolute atomic E-state index is 0.0729. The van der Waals surface area contributed by atoms with Gasteiger partial charge in [-0.05, 0) is 42.3 Å². The Morgan fingerprint density at radius 1 is 1.12 bits per heavy atom. The van der Waals surface area contributed by atoms with Crippen LogP contribution in [0.3, 0.4) is 0 Å².